The van der Waals surface area contributed by atoms with Crippen molar-refractivity contribution in [3.63, 3.8) is 0 Å². The van der Waals surface area contributed by atoms with Crippen LogP contribution in [0, 0.1) is 0 Å². The number of rotatable bonds is 3. The lowest BCUT2D eigenvalue weighted by Gasteiger charge is -2.23. The van der Waals surface area contributed by atoms with Gasteiger partial charge >= 0.3 is 0 Å². The van der Waals surface area contributed by atoms with Crippen molar-refractivity contribution in [3.05, 3.63) is 53.1 Å². The Morgan fingerprint density at radius 2 is 0.778 bits per heavy atom. The highest BCUT2D eigenvalue weighted by Crippen LogP contribution is 2.38. The van der Waals surface area contributed by atoms with Crippen LogP contribution in [-0.4, -0.2) is 0 Å². The zero-order valence-electron chi connectivity index (χ0n) is 10.7. The largest absolute Gasteiger partial charge is 0.0804 e. The highest BCUT2D eigenvalue weighted by molar-refractivity contribution is 5.81. The predicted octanol–water partition coefficient (Wildman–Crippen LogP) is 5.22. The normalized spacial score (nSPS) is 21.0. The maximum Gasteiger partial charge on any atom is -0.0215 e. The number of allylic oxidation sites excluding steroid dienone is 6. The molecule has 0 heteroatoms. The van der Waals surface area contributed by atoms with E-state index in [1.54, 1.807) is 16.7 Å². The van der Waals surface area contributed by atoms with Crippen LogP contribution in [0.2, 0.25) is 0 Å². The van der Waals surface area contributed by atoms with Gasteiger partial charge in [-0.3, -0.25) is 0 Å². The average Bonchev–Trinajstić information content (AvgIpc) is 2.08. The number of hydrogen-bond acceptors (Lipinski definition) is 0. The second-order valence-electron chi connectivity index (χ2n) is 5.60. The molecule has 3 aliphatic carbocycles. The minimum absolute atomic E-state index is 1.26. The molecule has 4 rings (SSSR count). The molecule has 18 heavy (non-hydrogen) atoms. The first-order valence-corrected chi connectivity index (χ1v) is 7.13. The maximum absolute atomic E-state index is 2.40. The van der Waals surface area contributed by atoms with Gasteiger partial charge in [0.2, 0.25) is 0 Å². The fraction of sp³-hybridized carbons (Fsp3) is 0.333. The van der Waals surface area contributed by atoms with Crippen LogP contribution < -0.4 is 0 Å². The Morgan fingerprint density at radius 3 is 0.944 bits per heavy atom. The monoisotopic (exact) mass is 234 g/mol. The first-order valence-electron chi connectivity index (χ1n) is 7.13. The summed E-state index contributed by atoms with van der Waals surface area (Å²) in [5, 5.41) is 0. The molecule has 0 aromatic heterocycles. The van der Waals surface area contributed by atoms with Crippen LogP contribution in [0.1, 0.15) is 55.2 Å². The van der Waals surface area contributed by atoms with E-state index in [2.05, 4.69) is 36.4 Å². The molecule has 90 valence electrons. The van der Waals surface area contributed by atoms with E-state index < -0.39 is 0 Å². The Labute approximate surface area is 109 Å². The summed E-state index contributed by atoms with van der Waals surface area (Å²) in [6.45, 7) is 0. The molecule has 0 heterocycles. The van der Waals surface area contributed by atoms with Crippen LogP contribution in [0.5, 0.6) is 0 Å². The van der Waals surface area contributed by atoms with Crippen molar-refractivity contribution in [2.24, 2.45) is 0 Å². The molecule has 0 saturated heterocycles. The van der Waals surface area contributed by atoms with E-state index >= 15 is 0 Å². The smallest absolute Gasteiger partial charge is 0.0215 e. The Bertz CT molecular complexity index is 498. The third-order valence-corrected chi connectivity index (χ3v) is 4.46. The van der Waals surface area contributed by atoms with Gasteiger partial charge in [-0.2, -0.15) is 0 Å². The summed E-state index contributed by atoms with van der Waals surface area (Å²) < 4.78 is 0. The van der Waals surface area contributed by atoms with Gasteiger partial charge in [-0.05, 0) is 90.1 Å². The summed E-state index contributed by atoms with van der Waals surface area (Å²) in [5.74, 6) is 0. The van der Waals surface area contributed by atoms with Gasteiger partial charge in [0.15, 0.2) is 0 Å². The van der Waals surface area contributed by atoms with Gasteiger partial charge in [0, 0.05) is 0 Å². The summed E-state index contributed by atoms with van der Waals surface area (Å²) in [4.78, 5) is 0. The summed E-state index contributed by atoms with van der Waals surface area (Å²) >= 11 is 0. The molecule has 0 spiro atoms. The van der Waals surface area contributed by atoms with Gasteiger partial charge in [0.1, 0.15) is 0 Å². The molecule has 0 fully saturated rings. The summed E-state index contributed by atoms with van der Waals surface area (Å²) in [5.41, 5.74) is 9.06. The van der Waals surface area contributed by atoms with Gasteiger partial charge in [0.25, 0.3) is 0 Å². The third-order valence-electron chi connectivity index (χ3n) is 4.46. The van der Waals surface area contributed by atoms with E-state index in [0.29, 0.717) is 0 Å². The molecule has 0 bridgehead atoms. The fourth-order valence-electron chi connectivity index (χ4n) is 2.84. The van der Waals surface area contributed by atoms with E-state index in [9.17, 15) is 0 Å². The van der Waals surface area contributed by atoms with Gasteiger partial charge in [0.05, 0.1) is 0 Å². The van der Waals surface area contributed by atoms with Crippen LogP contribution >= 0.6 is 0 Å². The Morgan fingerprint density at radius 1 is 0.500 bits per heavy atom. The summed E-state index contributed by atoms with van der Waals surface area (Å²) in [6, 6.07) is 7.20. The van der Waals surface area contributed by atoms with E-state index in [-0.39, 0.29) is 0 Å². The highest BCUT2D eigenvalue weighted by Gasteiger charge is 2.17. The molecule has 3 aliphatic rings. The van der Waals surface area contributed by atoms with Crippen molar-refractivity contribution >= 4 is 16.7 Å². The van der Waals surface area contributed by atoms with Crippen molar-refractivity contribution in [1.29, 1.82) is 0 Å². The van der Waals surface area contributed by atoms with Crippen LogP contribution in [0.25, 0.3) is 16.7 Å². The maximum atomic E-state index is 2.40. The molecule has 0 saturated carbocycles. The first kappa shape index (κ1) is 10.4. The van der Waals surface area contributed by atoms with Crippen molar-refractivity contribution in [3.8, 4) is 0 Å². The second kappa shape index (κ2) is 3.98. The molecule has 0 atom stereocenters. The molecule has 0 N–H and O–H groups in total. The average molecular weight is 234 g/mol. The van der Waals surface area contributed by atoms with E-state index in [0.717, 1.165) is 0 Å². The first-order chi connectivity index (χ1) is 8.90. The highest BCUT2D eigenvalue weighted by atomic mass is 14.2. The van der Waals surface area contributed by atoms with Crippen molar-refractivity contribution in [2.45, 2.75) is 38.5 Å². The lowest BCUT2D eigenvalue weighted by molar-refractivity contribution is 0.972. The van der Waals surface area contributed by atoms with Crippen LogP contribution in [0.3, 0.4) is 0 Å². The zero-order chi connectivity index (χ0) is 11.9. The molecule has 0 aliphatic heterocycles. The molecular formula is C18H18. The number of benzene rings is 1. The van der Waals surface area contributed by atoms with Crippen LogP contribution in [0.4, 0.5) is 0 Å². The summed E-state index contributed by atoms with van der Waals surface area (Å²) in [7, 11) is 0. The Kier molecular flexibility index (Phi) is 2.29. The predicted molar refractivity (Wildman–Crippen MR) is 78.1 cm³/mol. The minimum Gasteiger partial charge on any atom is -0.0804 e. The van der Waals surface area contributed by atoms with Gasteiger partial charge < -0.3 is 0 Å². The molecular weight excluding hydrogens is 216 g/mol. The van der Waals surface area contributed by atoms with Gasteiger partial charge in [-0.25, -0.2) is 0 Å². The quantitative estimate of drug-likeness (QED) is 0.672. The van der Waals surface area contributed by atoms with Crippen molar-refractivity contribution in [1.82, 2.24) is 0 Å². The third kappa shape index (κ3) is 1.59. The number of hydrogen-bond donors (Lipinski definition) is 0. The van der Waals surface area contributed by atoms with Crippen molar-refractivity contribution < 1.29 is 0 Å². The van der Waals surface area contributed by atoms with E-state index in [1.165, 1.54) is 55.2 Å². The fourth-order valence-corrected chi connectivity index (χ4v) is 2.84. The SMILES string of the molecule is C1=C(c2cc(C3=CCC3)cc(C3=CCC3)c2)CC1. The standard InChI is InChI=1S/C18H18/c1-4-13(5-1)16-10-17(14-6-2-7-14)12-18(11-16)15-8-3-9-15/h4,6,8,10-12H,1-3,5,7,9H2. The van der Waals surface area contributed by atoms with E-state index in [4.69, 9.17) is 0 Å². The molecule has 1 aromatic rings. The van der Waals surface area contributed by atoms with Crippen molar-refractivity contribution in [2.75, 3.05) is 0 Å². The molecule has 0 amide bonds. The summed E-state index contributed by atoms with van der Waals surface area (Å²) in [6.07, 6.45) is 14.7. The Hall–Kier alpha value is -1.56. The van der Waals surface area contributed by atoms with Crippen LogP contribution in [0.15, 0.2) is 36.4 Å². The Balaban J connectivity index is 1.82. The molecule has 1 aromatic carbocycles. The van der Waals surface area contributed by atoms with Crippen LogP contribution in [-0.2, 0) is 0 Å². The molecule has 0 unspecified atom stereocenters. The second-order valence-corrected chi connectivity index (χ2v) is 5.60. The van der Waals surface area contributed by atoms with Gasteiger partial charge in [-0.1, -0.05) is 18.2 Å². The zero-order valence-corrected chi connectivity index (χ0v) is 10.7. The van der Waals surface area contributed by atoms with Gasteiger partial charge in [-0.15, -0.1) is 0 Å². The molecule has 0 nitrogen and oxygen atoms in total. The minimum atomic E-state index is 1.26. The van der Waals surface area contributed by atoms with E-state index in [1.807, 2.05) is 0 Å². The lowest BCUT2D eigenvalue weighted by atomic mass is 9.82. The topological polar surface area (TPSA) is 0 Å². The lowest BCUT2D eigenvalue weighted by Crippen LogP contribution is -2.01. The molecule has 0 radical (unpaired) electrons.